The van der Waals surface area contributed by atoms with Crippen molar-refractivity contribution in [3.63, 3.8) is 0 Å². The molecule has 10 heteroatoms. The van der Waals surface area contributed by atoms with Crippen LogP contribution in [0.3, 0.4) is 0 Å². The molecule has 2 atom stereocenters. The lowest BCUT2D eigenvalue weighted by Crippen LogP contribution is -2.46. The van der Waals surface area contributed by atoms with E-state index in [4.69, 9.17) is 14.9 Å². The van der Waals surface area contributed by atoms with E-state index in [0.29, 0.717) is 41.2 Å². The van der Waals surface area contributed by atoms with Gasteiger partial charge in [-0.25, -0.2) is 0 Å². The van der Waals surface area contributed by atoms with Crippen molar-refractivity contribution in [2.45, 2.75) is 25.0 Å². The fraction of sp³-hybridized carbons (Fsp3) is 0.333. The van der Waals surface area contributed by atoms with E-state index in [2.05, 4.69) is 26.9 Å². The molecule has 2 aromatic heterocycles. The number of rotatable bonds is 6. The van der Waals surface area contributed by atoms with Crippen molar-refractivity contribution in [3.05, 3.63) is 42.0 Å². The highest BCUT2D eigenvalue weighted by Gasteiger charge is 2.23. The molecule has 0 aliphatic carbocycles. The number of nitrogen functional groups attached to an aromatic ring is 1. The minimum absolute atomic E-state index is 0.266. The Bertz CT molecular complexity index is 1060. The number of nitrogens with two attached hydrogens (primary N) is 1. The van der Waals surface area contributed by atoms with Crippen LogP contribution in [-0.4, -0.2) is 47.9 Å². The minimum atomic E-state index is -0.636. The molecule has 1 saturated heterocycles. The van der Waals surface area contributed by atoms with Gasteiger partial charge in [0.05, 0.1) is 6.07 Å². The summed E-state index contributed by atoms with van der Waals surface area (Å²) < 4.78 is 11.4. The third-order valence-corrected chi connectivity index (χ3v) is 5.61. The van der Waals surface area contributed by atoms with Crippen molar-refractivity contribution in [1.82, 2.24) is 20.8 Å². The van der Waals surface area contributed by atoms with Crippen LogP contribution < -0.4 is 16.4 Å². The Morgan fingerprint density at radius 3 is 2.84 bits per heavy atom. The molecule has 1 aliphatic rings. The van der Waals surface area contributed by atoms with Crippen LogP contribution in [0.4, 0.5) is 5.13 Å². The Balaban J connectivity index is 1.38. The first-order chi connectivity index (χ1) is 15.1. The van der Waals surface area contributed by atoms with Gasteiger partial charge in [-0.2, -0.15) is 5.26 Å². The summed E-state index contributed by atoms with van der Waals surface area (Å²) in [6.45, 7) is 1.81. The van der Waals surface area contributed by atoms with Gasteiger partial charge < -0.3 is 25.5 Å². The molecule has 1 amide bonds. The maximum Gasteiger partial charge on any atom is 0.251 e. The Hall–Kier alpha value is -3.26. The topological polar surface area (TPSA) is 139 Å². The molecule has 0 saturated carbocycles. The monoisotopic (exact) mass is 438 g/mol. The highest BCUT2D eigenvalue weighted by atomic mass is 32.1. The summed E-state index contributed by atoms with van der Waals surface area (Å²) in [6.07, 6.45) is 0.692. The summed E-state index contributed by atoms with van der Waals surface area (Å²) in [5.74, 6) is 1.03. The molecule has 1 aliphatic heterocycles. The molecule has 0 radical (unpaired) electrons. The van der Waals surface area contributed by atoms with Crippen LogP contribution in [0, 0.1) is 11.3 Å². The van der Waals surface area contributed by atoms with Crippen LogP contribution in [0.15, 0.2) is 40.8 Å². The van der Waals surface area contributed by atoms with Gasteiger partial charge in [0.2, 0.25) is 5.13 Å². The van der Waals surface area contributed by atoms with Crippen molar-refractivity contribution < 1.29 is 13.9 Å². The predicted octanol–water partition coefficient (Wildman–Crippen LogP) is 1.98. The maximum absolute atomic E-state index is 12.4. The van der Waals surface area contributed by atoms with Gasteiger partial charge in [-0.15, -0.1) is 10.2 Å². The number of amides is 1. The van der Waals surface area contributed by atoms with E-state index in [-0.39, 0.29) is 5.91 Å². The fourth-order valence-electron chi connectivity index (χ4n) is 3.26. The number of hydrogen-bond acceptors (Lipinski definition) is 9. The van der Waals surface area contributed by atoms with E-state index in [9.17, 15) is 10.1 Å². The maximum atomic E-state index is 12.4. The third-order valence-electron chi connectivity index (χ3n) is 4.85. The number of furan rings is 1. The first-order valence-electron chi connectivity index (χ1n) is 9.93. The number of hydrogen-bond donors (Lipinski definition) is 3. The van der Waals surface area contributed by atoms with Gasteiger partial charge in [-0.05, 0) is 30.7 Å². The molecule has 4 rings (SSSR count). The Labute approximate surface area is 183 Å². The van der Waals surface area contributed by atoms with Crippen LogP contribution in [0.5, 0.6) is 0 Å². The molecular formula is C21H22N6O3S. The first-order valence-corrected chi connectivity index (χ1v) is 10.7. The number of carbonyl (C=O) groups excluding carboxylic acids is 1. The molecular weight excluding hydrogens is 416 g/mol. The van der Waals surface area contributed by atoms with Crippen LogP contribution in [-0.2, 0) is 16.0 Å². The molecule has 0 unspecified atom stereocenters. The summed E-state index contributed by atoms with van der Waals surface area (Å²) >= 11 is 1.26. The summed E-state index contributed by atoms with van der Waals surface area (Å²) in [6, 6.07) is 12.9. The smallest absolute Gasteiger partial charge is 0.251 e. The zero-order valence-corrected chi connectivity index (χ0v) is 17.5. The second-order valence-electron chi connectivity index (χ2n) is 7.12. The molecule has 0 spiro atoms. The van der Waals surface area contributed by atoms with Gasteiger partial charge in [0.1, 0.15) is 17.9 Å². The Kier molecular flexibility index (Phi) is 6.57. The number of ether oxygens (including phenoxy) is 1. The van der Waals surface area contributed by atoms with Crippen LogP contribution >= 0.6 is 11.3 Å². The van der Waals surface area contributed by atoms with Crippen molar-refractivity contribution in [2.75, 3.05) is 25.4 Å². The van der Waals surface area contributed by atoms with E-state index < -0.39 is 12.1 Å². The summed E-state index contributed by atoms with van der Waals surface area (Å²) in [4.78, 5) is 12.4. The van der Waals surface area contributed by atoms with E-state index in [1.165, 1.54) is 11.3 Å². The van der Waals surface area contributed by atoms with Crippen LogP contribution in [0.25, 0.3) is 22.1 Å². The van der Waals surface area contributed by atoms with Gasteiger partial charge >= 0.3 is 0 Å². The summed E-state index contributed by atoms with van der Waals surface area (Å²) in [7, 11) is 0. The van der Waals surface area contributed by atoms with E-state index >= 15 is 0 Å². The van der Waals surface area contributed by atoms with Gasteiger partial charge in [0.25, 0.3) is 5.91 Å². The average Bonchev–Trinajstić information content (AvgIpc) is 3.35. The first kappa shape index (κ1) is 21.0. The Morgan fingerprint density at radius 1 is 1.29 bits per heavy atom. The highest BCUT2D eigenvalue weighted by Crippen LogP contribution is 2.31. The van der Waals surface area contributed by atoms with Crippen molar-refractivity contribution >= 4 is 22.4 Å². The fourth-order valence-corrected chi connectivity index (χ4v) is 3.83. The largest absolute Gasteiger partial charge is 0.454 e. The number of nitriles is 1. The Morgan fingerprint density at radius 2 is 2.10 bits per heavy atom. The SMILES string of the molecule is N#C[C@H](Cc1ccc(-c2ccc(-c3nnc(N)s3)o2)cc1)NC(=O)[C@@H]1CNCCCO1. The lowest BCUT2D eigenvalue weighted by Gasteiger charge is -2.18. The number of nitrogens with zero attached hydrogens (tertiary/aromatic N) is 3. The number of carbonyl (C=O) groups is 1. The minimum Gasteiger partial charge on any atom is -0.454 e. The third kappa shape index (κ3) is 5.27. The zero-order valence-electron chi connectivity index (χ0n) is 16.7. The van der Waals surface area contributed by atoms with Gasteiger partial charge in [0, 0.05) is 25.1 Å². The van der Waals surface area contributed by atoms with Crippen LogP contribution in [0.2, 0.25) is 0 Å². The molecule has 0 bridgehead atoms. The van der Waals surface area contributed by atoms with Crippen molar-refractivity contribution in [1.29, 1.82) is 5.26 Å². The molecule has 160 valence electrons. The standard InChI is InChI=1S/C21H22N6O3S/c22-11-15(25-19(28)18-12-24-8-1-9-29-18)10-13-2-4-14(5-3-13)16-6-7-17(30-16)20-26-27-21(23)31-20/h2-7,15,18,24H,1,8-10,12H2,(H2,23,27)(H,25,28)/t15-,18-/m0/s1. The van der Waals surface area contributed by atoms with E-state index in [1.807, 2.05) is 36.4 Å². The van der Waals surface area contributed by atoms with Crippen LogP contribution in [0.1, 0.15) is 12.0 Å². The molecule has 4 N–H and O–H groups in total. The van der Waals surface area contributed by atoms with Crippen molar-refractivity contribution in [2.24, 2.45) is 0 Å². The zero-order chi connectivity index (χ0) is 21.6. The number of benzene rings is 1. The second-order valence-corrected chi connectivity index (χ2v) is 8.13. The summed E-state index contributed by atoms with van der Waals surface area (Å²) in [5.41, 5.74) is 7.45. The quantitative estimate of drug-likeness (QED) is 0.531. The lowest BCUT2D eigenvalue weighted by atomic mass is 10.0. The van der Waals surface area contributed by atoms with Gasteiger partial charge in [-0.3, -0.25) is 4.79 Å². The number of anilines is 1. The molecule has 31 heavy (non-hydrogen) atoms. The van der Waals surface area contributed by atoms with Gasteiger partial charge in [0.15, 0.2) is 10.8 Å². The van der Waals surface area contributed by atoms with E-state index in [1.54, 1.807) is 0 Å². The molecule has 1 aromatic carbocycles. The second kappa shape index (κ2) is 9.70. The van der Waals surface area contributed by atoms with Crippen molar-refractivity contribution in [3.8, 4) is 28.2 Å². The molecule has 9 nitrogen and oxygen atoms in total. The molecule has 3 aromatic rings. The van der Waals surface area contributed by atoms with Gasteiger partial charge in [-0.1, -0.05) is 35.6 Å². The molecule has 1 fully saturated rings. The molecule has 3 heterocycles. The predicted molar refractivity (Wildman–Crippen MR) is 116 cm³/mol. The highest BCUT2D eigenvalue weighted by molar-refractivity contribution is 7.18. The average molecular weight is 439 g/mol. The normalized spacial score (nSPS) is 17.5. The lowest BCUT2D eigenvalue weighted by molar-refractivity contribution is -0.132. The van der Waals surface area contributed by atoms with E-state index in [0.717, 1.165) is 24.1 Å². The number of aromatic nitrogens is 2. The summed E-state index contributed by atoms with van der Waals surface area (Å²) in [5, 5.41) is 24.2. The number of nitrogens with one attached hydrogen (secondary N) is 2.